The molecule has 10 nitrogen and oxygen atoms in total. The quantitative estimate of drug-likeness (QED) is 0.623. The summed E-state index contributed by atoms with van der Waals surface area (Å²) in [5.41, 5.74) is 8.36. The molecule has 3 atom stereocenters. The van der Waals surface area contributed by atoms with Crippen LogP contribution in [0.2, 0.25) is 0 Å². The number of urea groups is 1. The zero-order valence-corrected chi connectivity index (χ0v) is 18.9. The Kier molecular flexibility index (Phi) is 6.78. The van der Waals surface area contributed by atoms with Crippen LogP contribution in [-0.4, -0.2) is 60.5 Å². The predicted molar refractivity (Wildman–Crippen MR) is 122 cm³/mol. The van der Waals surface area contributed by atoms with Crippen LogP contribution < -0.4 is 11.1 Å². The number of nitrogens with two attached hydrogens (primary N) is 1. The third kappa shape index (κ3) is 5.34. The van der Waals surface area contributed by atoms with Crippen molar-refractivity contribution in [1.29, 1.82) is 0 Å². The van der Waals surface area contributed by atoms with Crippen molar-refractivity contribution >= 4 is 23.9 Å². The smallest absolute Gasteiger partial charge is 0.338 e. The molecule has 0 radical (unpaired) electrons. The molecule has 4 rings (SSSR count). The van der Waals surface area contributed by atoms with Crippen molar-refractivity contribution in [3.8, 4) is 0 Å². The van der Waals surface area contributed by atoms with E-state index < -0.39 is 36.4 Å². The SMILES string of the molecule is Cc1ccc(C(=O)OC[C@H]2OC(N3CN=C(N)NC3=O)C[C@@H]2OC(=O)c2ccc(C)cc2)cc1. The minimum absolute atomic E-state index is 0.00314. The maximum Gasteiger partial charge on any atom is 0.338 e. The Labute approximate surface area is 196 Å². The van der Waals surface area contributed by atoms with E-state index in [9.17, 15) is 14.4 Å². The van der Waals surface area contributed by atoms with Gasteiger partial charge in [0.05, 0.1) is 11.1 Å². The van der Waals surface area contributed by atoms with Crippen molar-refractivity contribution in [3.63, 3.8) is 0 Å². The van der Waals surface area contributed by atoms with E-state index >= 15 is 0 Å². The van der Waals surface area contributed by atoms with Gasteiger partial charge in [0.1, 0.15) is 31.7 Å². The molecule has 34 heavy (non-hydrogen) atoms. The normalized spacial score (nSPS) is 22.1. The highest BCUT2D eigenvalue weighted by Gasteiger charge is 2.43. The second kappa shape index (κ2) is 9.92. The molecule has 3 N–H and O–H groups in total. The fourth-order valence-electron chi connectivity index (χ4n) is 3.65. The third-order valence-corrected chi connectivity index (χ3v) is 5.63. The summed E-state index contributed by atoms with van der Waals surface area (Å²) in [7, 11) is 0. The summed E-state index contributed by atoms with van der Waals surface area (Å²) in [5.74, 6) is -1.04. The number of benzene rings is 2. The Morgan fingerprint density at radius 3 is 2.24 bits per heavy atom. The van der Waals surface area contributed by atoms with Gasteiger partial charge in [-0.05, 0) is 38.1 Å². The molecule has 1 unspecified atom stereocenters. The van der Waals surface area contributed by atoms with Crippen molar-refractivity contribution in [2.75, 3.05) is 13.3 Å². The minimum Gasteiger partial charge on any atom is -0.459 e. The van der Waals surface area contributed by atoms with Crippen LogP contribution >= 0.6 is 0 Å². The van der Waals surface area contributed by atoms with Gasteiger partial charge in [0.25, 0.3) is 0 Å². The first kappa shape index (κ1) is 23.2. The fourth-order valence-corrected chi connectivity index (χ4v) is 3.65. The number of rotatable bonds is 6. The van der Waals surface area contributed by atoms with E-state index in [-0.39, 0.29) is 25.7 Å². The minimum atomic E-state index is -0.773. The summed E-state index contributed by atoms with van der Waals surface area (Å²) in [4.78, 5) is 42.9. The molecule has 2 amide bonds. The molecule has 1 saturated heterocycles. The zero-order valence-electron chi connectivity index (χ0n) is 18.9. The summed E-state index contributed by atoms with van der Waals surface area (Å²) < 4.78 is 17.1. The summed E-state index contributed by atoms with van der Waals surface area (Å²) >= 11 is 0. The van der Waals surface area contributed by atoms with E-state index in [1.807, 2.05) is 38.1 Å². The van der Waals surface area contributed by atoms with Gasteiger partial charge in [-0.15, -0.1) is 0 Å². The second-order valence-electron chi connectivity index (χ2n) is 8.22. The molecular weight excluding hydrogens is 440 g/mol. The van der Waals surface area contributed by atoms with Gasteiger partial charge in [0.2, 0.25) is 0 Å². The van der Waals surface area contributed by atoms with Crippen LogP contribution in [0.5, 0.6) is 0 Å². The largest absolute Gasteiger partial charge is 0.459 e. The fraction of sp³-hybridized carbons (Fsp3) is 0.333. The average Bonchev–Trinajstić information content (AvgIpc) is 3.20. The number of nitrogens with zero attached hydrogens (tertiary/aromatic N) is 2. The van der Waals surface area contributed by atoms with Crippen LogP contribution in [0, 0.1) is 13.8 Å². The van der Waals surface area contributed by atoms with E-state index in [1.54, 1.807) is 24.3 Å². The first-order valence-electron chi connectivity index (χ1n) is 10.8. The monoisotopic (exact) mass is 466 g/mol. The summed E-state index contributed by atoms with van der Waals surface area (Å²) in [6.45, 7) is 3.68. The number of amides is 2. The van der Waals surface area contributed by atoms with E-state index in [1.165, 1.54) is 4.90 Å². The van der Waals surface area contributed by atoms with Gasteiger partial charge < -0.3 is 19.9 Å². The Hall–Kier alpha value is -3.92. The Balaban J connectivity index is 1.46. The molecule has 2 aliphatic rings. The molecule has 0 aliphatic carbocycles. The molecule has 2 aromatic carbocycles. The van der Waals surface area contributed by atoms with E-state index in [2.05, 4.69) is 10.3 Å². The summed E-state index contributed by atoms with van der Waals surface area (Å²) in [6.07, 6.45) is -2.08. The first-order chi connectivity index (χ1) is 16.3. The number of carbonyl (C=O) groups is 3. The van der Waals surface area contributed by atoms with Crippen molar-refractivity contribution in [2.45, 2.75) is 38.7 Å². The van der Waals surface area contributed by atoms with Crippen molar-refractivity contribution in [2.24, 2.45) is 10.7 Å². The number of carbonyl (C=O) groups excluding carboxylic acids is 3. The van der Waals surface area contributed by atoms with Gasteiger partial charge in [0.15, 0.2) is 5.96 Å². The molecule has 0 saturated carbocycles. The van der Waals surface area contributed by atoms with Crippen LogP contribution in [0.25, 0.3) is 0 Å². The molecule has 0 spiro atoms. The summed E-state index contributed by atoms with van der Waals surface area (Å²) in [5, 5.41) is 2.43. The van der Waals surface area contributed by atoms with Crippen LogP contribution in [0.15, 0.2) is 53.5 Å². The van der Waals surface area contributed by atoms with Crippen molar-refractivity contribution < 1.29 is 28.6 Å². The van der Waals surface area contributed by atoms with Gasteiger partial charge in [-0.3, -0.25) is 10.2 Å². The van der Waals surface area contributed by atoms with Gasteiger partial charge >= 0.3 is 18.0 Å². The Morgan fingerprint density at radius 1 is 1.06 bits per heavy atom. The van der Waals surface area contributed by atoms with Crippen molar-refractivity contribution in [3.05, 3.63) is 70.8 Å². The highest BCUT2D eigenvalue weighted by molar-refractivity contribution is 5.97. The molecule has 178 valence electrons. The Morgan fingerprint density at radius 2 is 1.65 bits per heavy atom. The van der Waals surface area contributed by atoms with Gasteiger partial charge in [-0.25, -0.2) is 19.4 Å². The topological polar surface area (TPSA) is 133 Å². The third-order valence-electron chi connectivity index (χ3n) is 5.63. The summed E-state index contributed by atoms with van der Waals surface area (Å²) in [6, 6.07) is 13.5. The maximum absolute atomic E-state index is 12.7. The second-order valence-corrected chi connectivity index (χ2v) is 8.22. The molecule has 2 aromatic rings. The standard InChI is InChI=1S/C24H26N4O6/c1-14-3-7-16(8-4-14)21(29)32-12-19-18(34-22(30)17-9-5-15(2)6-10-17)11-20(33-19)28-13-26-23(25)27-24(28)31/h3-10,18-20H,11-13H2,1-2H3,(H3,25,26,27,31)/t18-,19+,20?/m0/s1. The lowest BCUT2D eigenvalue weighted by atomic mass is 10.1. The molecule has 2 aliphatic heterocycles. The lowest BCUT2D eigenvalue weighted by Gasteiger charge is -2.29. The maximum atomic E-state index is 12.7. The highest BCUT2D eigenvalue weighted by atomic mass is 16.6. The predicted octanol–water partition coefficient (Wildman–Crippen LogP) is 2.10. The number of aryl methyl sites for hydroxylation is 2. The van der Waals surface area contributed by atoms with E-state index in [4.69, 9.17) is 19.9 Å². The van der Waals surface area contributed by atoms with E-state index in [0.717, 1.165) is 11.1 Å². The number of hydrogen-bond acceptors (Lipinski definition) is 8. The number of guanidine groups is 1. The number of nitrogens with one attached hydrogen (secondary N) is 1. The average molecular weight is 466 g/mol. The van der Waals surface area contributed by atoms with Crippen LogP contribution in [-0.2, 0) is 14.2 Å². The lowest BCUT2D eigenvalue weighted by molar-refractivity contribution is -0.0715. The Bertz CT molecular complexity index is 1100. The molecule has 0 aromatic heterocycles. The lowest BCUT2D eigenvalue weighted by Crippen LogP contribution is -2.54. The van der Waals surface area contributed by atoms with Crippen LogP contribution in [0.4, 0.5) is 4.79 Å². The number of aliphatic imine (C=N–C) groups is 1. The highest BCUT2D eigenvalue weighted by Crippen LogP contribution is 2.28. The molecular formula is C24H26N4O6. The van der Waals surface area contributed by atoms with Crippen LogP contribution in [0.3, 0.4) is 0 Å². The first-order valence-corrected chi connectivity index (χ1v) is 10.8. The number of esters is 2. The van der Waals surface area contributed by atoms with Gasteiger partial charge in [-0.1, -0.05) is 35.4 Å². The number of hydrogen-bond donors (Lipinski definition) is 2. The van der Waals surface area contributed by atoms with Crippen molar-refractivity contribution in [1.82, 2.24) is 10.2 Å². The van der Waals surface area contributed by atoms with E-state index in [0.29, 0.717) is 11.1 Å². The molecule has 2 heterocycles. The number of ether oxygens (including phenoxy) is 3. The van der Waals surface area contributed by atoms with Crippen LogP contribution in [0.1, 0.15) is 38.3 Å². The molecule has 10 heteroatoms. The van der Waals surface area contributed by atoms with Gasteiger partial charge in [-0.2, -0.15) is 0 Å². The molecule has 0 bridgehead atoms. The zero-order chi connectivity index (χ0) is 24.2. The van der Waals surface area contributed by atoms with Gasteiger partial charge in [0, 0.05) is 6.42 Å². The molecule has 1 fully saturated rings.